The highest BCUT2D eigenvalue weighted by Gasteiger charge is 2.45. The van der Waals surface area contributed by atoms with Gasteiger partial charge in [0.25, 0.3) is 5.91 Å². The van der Waals surface area contributed by atoms with E-state index in [9.17, 15) is 13.2 Å². The molecule has 0 saturated carbocycles. The van der Waals surface area contributed by atoms with Crippen LogP contribution < -0.4 is 5.32 Å². The highest BCUT2D eigenvalue weighted by molar-refractivity contribution is 7.91. The molecule has 3 rings (SSSR count). The average molecular weight is 343 g/mol. The minimum Gasteiger partial charge on any atom is -0.331 e. The highest BCUT2D eigenvalue weighted by Crippen LogP contribution is 2.28. The van der Waals surface area contributed by atoms with Gasteiger partial charge in [-0.15, -0.1) is 11.3 Å². The maximum atomic E-state index is 12.9. The summed E-state index contributed by atoms with van der Waals surface area (Å²) >= 11 is 1.43. The van der Waals surface area contributed by atoms with E-state index < -0.39 is 9.84 Å². The van der Waals surface area contributed by atoms with E-state index in [1.807, 2.05) is 6.92 Å². The van der Waals surface area contributed by atoms with Gasteiger partial charge in [-0.2, -0.15) is 0 Å². The molecule has 0 aliphatic carbocycles. The fraction of sp³-hybridized carbons (Fsp3) is 0.714. The number of hydrogen-bond donors (Lipinski definition) is 1. The summed E-state index contributed by atoms with van der Waals surface area (Å²) in [4.78, 5) is 19.7. The summed E-state index contributed by atoms with van der Waals surface area (Å²) in [6.45, 7) is 7.13. The van der Waals surface area contributed by atoms with Gasteiger partial charge in [0.1, 0.15) is 4.88 Å². The number of aromatic nitrogens is 1. The van der Waals surface area contributed by atoms with Crippen molar-refractivity contribution >= 4 is 27.1 Å². The predicted molar refractivity (Wildman–Crippen MR) is 86.2 cm³/mol. The van der Waals surface area contributed by atoms with Gasteiger partial charge in [-0.1, -0.05) is 13.8 Å². The Labute approximate surface area is 134 Å². The van der Waals surface area contributed by atoms with Crippen LogP contribution >= 0.6 is 11.3 Å². The Morgan fingerprint density at radius 1 is 1.41 bits per heavy atom. The summed E-state index contributed by atoms with van der Waals surface area (Å²) in [5.41, 5.74) is 0.745. The lowest BCUT2D eigenvalue weighted by molar-refractivity contribution is 0.0625. The second-order valence-electron chi connectivity index (χ2n) is 6.32. The van der Waals surface area contributed by atoms with Crippen LogP contribution in [0.4, 0.5) is 0 Å². The molecule has 22 heavy (non-hydrogen) atoms. The number of thiazole rings is 1. The van der Waals surface area contributed by atoms with Gasteiger partial charge < -0.3 is 10.2 Å². The molecule has 0 spiro atoms. The summed E-state index contributed by atoms with van der Waals surface area (Å²) in [6.07, 6.45) is 0. The van der Waals surface area contributed by atoms with Crippen molar-refractivity contribution in [3.05, 3.63) is 15.6 Å². The summed E-state index contributed by atoms with van der Waals surface area (Å²) in [7, 11) is -3.06. The predicted octanol–water partition coefficient (Wildman–Crippen LogP) is 0.786. The fourth-order valence-electron chi connectivity index (χ4n) is 3.11. The summed E-state index contributed by atoms with van der Waals surface area (Å²) < 4.78 is 23.7. The molecule has 0 radical (unpaired) electrons. The first-order chi connectivity index (χ1) is 10.3. The largest absolute Gasteiger partial charge is 0.331 e. The van der Waals surface area contributed by atoms with E-state index in [0.717, 1.165) is 10.7 Å². The monoisotopic (exact) mass is 343 g/mol. The van der Waals surface area contributed by atoms with Crippen LogP contribution in [0.5, 0.6) is 0 Å². The number of aryl methyl sites for hydroxylation is 1. The molecule has 2 aliphatic rings. The van der Waals surface area contributed by atoms with Crippen molar-refractivity contribution < 1.29 is 13.2 Å². The molecule has 0 bridgehead atoms. The maximum Gasteiger partial charge on any atom is 0.266 e. The molecule has 2 aliphatic heterocycles. The third-order valence-corrected chi connectivity index (χ3v) is 7.41. The lowest BCUT2D eigenvalue weighted by atomic mass is 10.1. The first-order valence-corrected chi connectivity index (χ1v) is 10.1. The minimum atomic E-state index is -3.06. The van der Waals surface area contributed by atoms with E-state index in [4.69, 9.17) is 0 Å². The van der Waals surface area contributed by atoms with Crippen molar-refractivity contribution in [1.29, 1.82) is 0 Å². The summed E-state index contributed by atoms with van der Waals surface area (Å²) in [6, 6.07) is -0.393. The summed E-state index contributed by atoms with van der Waals surface area (Å²) in [5.74, 6) is 0.398. The van der Waals surface area contributed by atoms with Crippen molar-refractivity contribution in [2.45, 2.75) is 38.8 Å². The molecule has 3 heterocycles. The van der Waals surface area contributed by atoms with Gasteiger partial charge in [-0.05, 0) is 6.92 Å². The highest BCUT2D eigenvalue weighted by atomic mass is 32.2. The molecular formula is C14H21N3O3S2. The quantitative estimate of drug-likeness (QED) is 0.859. The van der Waals surface area contributed by atoms with Crippen molar-refractivity contribution in [2.24, 2.45) is 0 Å². The van der Waals surface area contributed by atoms with Gasteiger partial charge in [0, 0.05) is 25.0 Å². The Morgan fingerprint density at radius 2 is 2.14 bits per heavy atom. The van der Waals surface area contributed by atoms with E-state index in [-0.39, 0.29) is 35.4 Å². The average Bonchev–Trinajstić information content (AvgIpc) is 2.95. The molecule has 2 fully saturated rings. The van der Waals surface area contributed by atoms with Crippen LogP contribution in [-0.2, 0) is 9.84 Å². The van der Waals surface area contributed by atoms with E-state index in [1.54, 1.807) is 4.90 Å². The normalized spacial score (nSPS) is 27.2. The lowest BCUT2D eigenvalue weighted by Gasteiger charge is -2.37. The number of piperazine rings is 1. The third kappa shape index (κ3) is 2.79. The fourth-order valence-corrected chi connectivity index (χ4v) is 6.09. The zero-order valence-electron chi connectivity index (χ0n) is 13.0. The molecule has 8 heteroatoms. The number of fused-ring (bicyclic) bond motifs is 1. The van der Waals surface area contributed by atoms with Gasteiger partial charge in [0.05, 0.1) is 28.2 Å². The Kier molecular flexibility index (Phi) is 4.03. The second-order valence-corrected chi connectivity index (χ2v) is 9.51. The molecule has 1 amide bonds. The van der Waals surface area contributed by atoms with E-state index in [0.29, 0.717) is 18.0 Å². The van der Waals surface area contributed by atoms with E-state index >= 15 is 0 Å². The Morgan fingerprint density at radius 3 is 2.77 bits per heavy atom. The van der Waals surface area contributed by atoms with Gasteiger partial charge in [0.15, 0.2) is 9.84 Å². The van der Waals surface area contributed by atoms with Gasteiger partial charge in [-0.25, -0.2) is 13.4 Å². The molecule has 1 N–H and O–H groups in total. The smallest absolute Gasteiger partial charge is 0.266 e. The number of sulfone groups is 1. The van der Waals surface area contributed by atoms with Crippen LogP contribution in [0.3, 0.4) is 0 Å². The van der Waals surface area contributed by atoms with Crippen LogP contribution in [0.2, 0.25) is 0 Å². The molecule has 1 aromatic rings. The number of amides is 1. The molecule has 0 unspecified atom stereocenters. The molecule has 2 atom stereocenters. The van der Waals surface area contributed by atoms with Crippen molar-refractivity contribution in [3.8, 4) is 0 Å². The van der Waals surface area contributed by atoms with Crippen LogP contribution in [0.15, 0.2) is 0 Å². The minimum absolute atomic E-state index is 0.0608. The molecule has 2 saturated heterocycles. The third-order valence-electron chi connectivity index (χ3n) is 4.24. The Balaban J connectivity index is 1.88. The lowest BCUT2D eigenvalue weighted by Crippen LogP contribution is -2.59. The second kappa shape index (κ2) is 5.58. The molecular weight excluding hydrogens is 322 g/mol. The topological polar surface area (TPSA) is 79.4 Å². The van der Waals surface area contributed by atoms with Crippen LogP contribution in [0, 0.1) is 6.92 Å². The number of nitrogens with one attached hydrogen (secondary N) is 1. The van der Waals surface area contributed by atoms with Crippen LogP contribution in [0.25, 0.3) is 0 Å². The van der Waals surface area contributed by atoms with Crippen molar-refractivity contribution in [1.82, 2.24) is 15.2 Å². The van der Waals surface area contributed by atoms with Gasteiger partial charge >= 0.3 is 0 Å². The van der Waals surface area contributed by atoms with Crippen LogP contribution in [0.1, 0.15) is 40.1 Å². The number of carbonyl (C=O) groups is 1. The number of hydrogen-bond acceptors (Lipinski definition) is 6. The van der Waals surface area contributed by atoms with E-state index in [2.05, 4.69) is 24.1 Å². The molecule has 6 nitrogen and oxygen atoms in total. The standard InChI is InChI=1S/C14H21N3O3S2/c1-8(2)13-16-9(3)12(21-13)14(18)17-5-4-15-10-6-22(19,20)7-11(10)17/h8,10-11,15H,4-7H2,1-3H3/t10-,11+/m1/s1. The number of carbonyl (C=O) groups excluding carboxylic acids is 1. The number of nitrogens with zero attached hydrogens (tertiary/aromatic N) is 2. The van der Waals surface area contributed by atoms with Crippen molar-refractivity contribution in [3.63, 3.8) is 0 Å². The zero-order valence-corrected chi connectivity index (χ0v) is 14.6. The molecule has 0 aromatic carbocycles. The Bertz CT molecular complexity index is 696. The maximum absolute atomic E-state index is 12.9. The Hall–Kier alpha value is -0.990. The number of rotatable bonds is 2. The molecule has 1 aromatic heterocycles. The van der Waals surface area contributed by atoms with Gasteiger partial charge in [0.2, 0.25) is 0 Å². The summed E-state index contributed by atoms with van der Waals surface area (Å²) in [5, 5.41) is 4.18. The first-order valence-electron chi connectivity index (χ1n) is 7.50. The zero-order chi connectivity index (χ0) is 16.1. The van der Waals surface area contributed by atoms with Gasteiger partial charge in [-0.3, -0.25) is 4.79 Å². The molecule has 122 valence electrons. The van der Waals surface area contributed by atoms with E-state index in [1.165, 1.54) is 11.3 Å². The SMILES string of the molecule is Cc1nc(C(C)C)sc1C(=O)N1CCN[C@@H]2CS(=O)(=O)C[C@@H]21. The van der Waals surface area contributed by atoms with Crippen molar-refractivity contribution in [2.75, 3.05) is 24.6 Å². The van der Waals surface area contributed by atoms with Crippen LogP contribution in [-0.4, -0.2) is 60.9 Å². The first kappa shape index (κ1) is 15.9.